The van der Waals surface area contributed by atoms with E-state index >= 15 is 0 Å². The Balaban J connectivity index is 2.49. The van der Waals surface area contributed by atoms with Crippen molar-refractivity contribution in [2.24, 2.45) is 0 Å². The molecule has 0 fully saturated rings. The molecule has 0 aliphatic carbocycles. The summed E-state index contributed by atoms with van der Waals surface area (Å²) < 4.78 is 0. The number of aryl methyl sites for hydroxylation is 1. The maximum atomic E-state index is 11.9. The maximum absolute atomic E-state index is 11.9. The predicted molar refractivity (Wildman–Crippen MR) is 77.8 cm³/mol. The molecule has 0 heterocycles. The lowest BCUT2D eigenvalue weighted by atomic mass is 10.1. The van der Waals surface area contributed by atoms with E-state index in [1.54, 1.807) is 13.8 Å². The summed E-state index contributed by atoms with van der Waals surface area (Å²) in [6, 6.07) is 7.52. The smallest absolute Gasteiger partial charge is 0.323 e. The molecule has 0 aromatic heterocycles. The van der Waals surface area contributed by atoms with E-state index in [4.69, 9.17) is 5.11 Å². The number of carbonyl (C=O) groups is 2. The van der Waals surface area contributed by atoms with Crippen molar-refractivity contribution < 1.29 is 14.7 Å². The molecule has 0 unspecified atom stereocenters. The van der Waals surface area contributed by atoms with Crippen molar-refractivity contribution in [3.63, 3.8) is 0 Å². The Bertz CT molecular complexity index is 472. The lowest BCUT2D eigenvalue weighted by Gasteiger charge is -2.25. The van der Waals surface area contributed by atoms with Gasteiger partial charge in [-0.3, -0.25) is 4.79 Å². The van der Waals surface area contributed by atoms with Crippen molar-refractivity contribution in [2.75, 3.05) is 13.1 Å². The van der Waals surface area contributed by atoms with Gasteiger partial charge in [-0.05, 0) is 38.3 Å². The van der Waals surface area contributed by atoms with E-state index < -0.39 is 5.97 Å². The summed E-state index contributed by atoms with van der Waals surface area (Å²) in [4.78, 5) is 24.0. The zero-order valence-electron chi connectivity index (χ0n) is 12.2. The Morgan fingerprint density at radius 3 is 2.50 bits per heavy atom. The maximum Gasteiger partial charge on any atom is 0.323 e. The molecule has 1 aromatic rings. The molecular formula is C15H22N2O3. The Kier molecular flexibility index (Phi) is 6.03. The Hall–Kier alpha value is -2.04. The number of nitrogens with zero attached hydrogens (tertiary/aromatic N) is 1. The highest BCUT2D eigenvalue weighted by Gasteiger charge is 2.19. The molecule has 0 aliphatic heterocycles. The minimum absolute atomic E-state index is 0.149. The van der Waals surface area contributed by atoms with Gasteiger partial charge in [0.2, 0.25) is 0 Å². The highest BCUT2D eigenvalue weighted by molar-refractivity contribution is 5.80. The average Bonchev–Trinajstić information content (AvgIpc) is 2.37. The van der Waals surface area contributed by atoms with Gasteiger partial charge in [0.1, 0.15) is 6.54 Å². The quantitative estimate of drug-likeness (QED) is 0.836. The molecular weight excluding hydrogens is 256 g/mol. The van der Waals surface area contributed by atoms with E-state index in [2.05, 4.69) is 5.32 Å². The third-order valence-corrected chi connectivity index (χ3v) is 3.12. The zero-order chi connectivity index (χ0) is 15.1. The fourth-order valence-corrected chi connectivity index (χ4v) is 1.93. The van der Waals surface area contributed by atoms with E-state index in [1.807, 2.05) is 31.2 Å². The second-order valence-electron chi connectivity index (χ2n) is 5.02. The third-order valence-electron chi connectivity index (χ3n) is 3.12. The van der Waals surface area contributed by atoms with Crippen LogP contribution in [-0.2, 0) is 11.2 Å². The average molecular weight is 278 g/mol. The molecule has 20 heavy (non-hydrogen) atoms. The molecule has 0 radical (unpaired) electrons. The molecule has 5 nitrogen and oxygen atoms in total. The predicted octanol–water partition coefficient (Wildman–Crippen LogP) is 2.04. The van der Waals surface area contributed by atoms with Crippen LogP contribution in [0.4, 0.5) is 4.79 Å². The van der Waals surface area contributed by atoms with Crippen molar-refractivity contribution >= 4 is 12.0 Å². The van der Waals surface area contributed by atoms with Crippen molar-refractivity contribution in [2.45, 2.75) is 33.2 Å². The van der Waals surface area contributed by atoms with Crippen molar-refractivity contribution in [3.8, 4) is 0 Å². The number of carboxylic acids is 1. The van der Waals surface area contributed by atoms with Gasteiger partial charge in [-0.15, -0.1) is 0 Å². The molecule has 0 aliphatic rings. The first kappa shape index (κ1) is 16.0. The van der Waals surface area contributed by atoms with E-state index in [1.165, 1.54) is 16.0 Å². The van der Waals surface area contributed by atoms with E-state index in [9.17, 15) is 9.59 Å². The molecule has 1 rings (SSSR count). The molecule has 0 saturated carbocycles. The second-order valence-corrected chi connectivity index (χ2v) is 5.02. The number of urea groups is 1. The Morgan fingerprint density at radius 1 is 1.30 bits per heavy atom. The monoisotopic (exact) mass is 278 g/mol. The van der Waals surface area contributed by atoms with Crippen LogP contribution in [0.15, 0.2) is 24.3 Å². The van der Waals surface area contributed by atoms with Gasteiger partial charge in [0, 0.05) is 12.6 Å². The number of amides is 2. The molecule has 0 atom stereocenters. The Morgan fingerprint density at radius 2 is 1.95 bits per heavy atom. The number of benzene rings is 1. The fourth-order valence-electron chi connectivity index (χ4n) is 1.93. The summed E-state index contributed by atoms with van der Waals surface area (Å²) in [6.07, 6.45) is 0.734. The summed E-state index contributed by atoms with van der Waals surface area (Å²) >= 11 is 0. The summed E-state index contributed by atoms with van der Waals surface area (Å²) in [5.41, 5.74) is 2.37. The van der Waals surface area contributed by atoms with Gasteiger partial charge < -0.3 is 15.3 Å². The van der Waals surface area contributed by atoms with Crippen molar-refractivity contribution in [1.82, 2.24) is 10.2 Å². The summed E-state index contributed by atoms with van der Waals surface area (Å²) in [5, 5.41) is 11.6. The van der Waals surface area contributed by atoms with Crippen LogP contribution in [0.3, 0.4) is 0 Å². The van der Waals surface area contributed by atoms with E-state index in [0.29, 0.717) is 6.54 Å². The van der Waals surface area contributed by atoms with Crippen LogP contribution in [-0.4, -0.2) is 41.1 Å². The Labute approximate surface area is 119 Å². The fraction of sp³-hybridized carbons (Fsp3) is 0.467. The summed E-state index contributed by atoms with van der Waals surface area (Å²) in [7, 11) is 0. The molecule has 2 N–H and O–H groups in total. The first-order chi connectivity index (χ1) is 9.41. The van der Waals surface area contributed by atoms with Crippen LogP contribution in [0.25, 0.3) is 0 Å². The molecule has 5 heteroatoms. The van der Waals surface area contributed by atoms with E-state index in [-0.39, 0.29) is 18.6 Å². The number of carboxylic acid groups (broad SMARTS) is 1. The number of nitrogens with one attached hydrogen (secondary N) is 1. The van der Waals surface area contributed by atoms with Crippen LogP contribution >= 0.6 is 0 Å². The first-order valence-corrected chi connectivity index (χ1v) is 6.72. The van der Waals surface area contributed by atoms with Crippen LogP contribution in [0.5, 0.6) is 0 Å². The molecule has 110 valence electrons. The van der Waals surface area contributed by atoms with Gasteiger partial charge in [0.25, 0.3) is 0 Å². The lowest BCUT2D eigenvalue weighted by molar-refractivity contribution is -0.138. The highest BCUT2D eigenvalue weighted by Crippen LogP contribution is 2.07. The number of hydrogen-bond acceptors (Lipinski definition) is 2. The summed E-state index contributed by atoms with van der Waals surface area (Å²) in [6.45, 7) is 5.83. The third kappa shape index (κ3) is 4.91. The van der Waals surface area contributed by atoms with Gasteiger partial charge in [-0.25, -0.2) is 4.79 Å². The van der Waals surface area contributed by atoms with Gasteiger partial charge in [-0.2, -0.15) is 0 Å². The SMILES string of the molecule is Cc1ccccc1CCNC(=O)N(CC(=O)O)C(C)C. The molecule has 0 saturated heterocycles. The van der Waals surface area contributed by atoms with E-state index in [0.717, 1.165) is 6.42 Å². The first-order valence-electron chi connectivity index (χ1n) is 6.72. The normalized spacial score (nSPS) is 10.4. The number of hydrogen-bond donors (Lipinski definition) is 2. The number of rotatable bonds is 6. The summed E-state index contributed by atoms with van der Waals surface area (Å²) in [5.74, 6) is -1.01. The topological polar surface area (TPSA) is 69.6 Å². The van der Waals surface area contributed by atoms with Gasteiger partial charge in [-0.1, -0.05) is 24.3 Å². The molecule has 1 aromatic carbocycles. The second kappa shape index (κ2) is 7.53. The standard InChI is InChI=1S/C15H22N2O3/c1-11(2)17(10-14(18)19)15(20)16-9-8-13-7-5-4-6-12(13)3/h4-7,11H,8-10H2,1-3H3,(H,16,20)(H,18,19). The van der Waals surface area contributed by atoms with Crippen LogP contribution in [0.1, 0.15) is 25.0 Å². The minimum atomic E-state index is -1.01. The van der Waals surface area contributed by atoms with Crippen molar-refractivity contribution in [3.05, 3.63) is 35.4 Å². The van der Waals surface area contributed by atoms with Crippen LogP contribution in [0, 0.1) is 6.92 Å². The number of carbonyl (C=O) groups excluding carboxylic acids is 1. The van der Waals surface area contributed by atoms with Gasteiger partial charge in [0.15, 0.2) is 0 Å². The molecule has 0 bridgehead atoms. The largest absolute Gasteiger partial charge is 0.480 e. The van der Waals surface area contributed by atoms with Crippen LogP contribution < -0.4 is 5.32 Å². The lowest BCUT2D eigenvalue weighted by Crippen LogP contribution is -2.46. The molecule has 2 amide bonds. The number of aliphatic carboxylic acids is 1. The van der Waals surface area contributed by atoms with Crippen LogP contribution in [0.2, 0.25) is 0 Å². The van der Waals surface area contributed by atoms with Crippen molar-refractivity contribution in [1.29, 1.82) is 0 Å². The highest BCUT2D eigenvalue weighted by atomic mass is 16.4. The zero-order valence-corrected chi connectivity index (χ0v) is 12.2. The molecule has 0 spiro atoms. The van der Waals surface area contributed by atoms with Gasteiger partial charge in [0.05, 0.1) is 0 Å². The van der Waals surface area contributed by atoms with Gasteiger partial charge >= 0.3 is 12.0 Å². The minimum Gasteiger partial charge on any atom is -0.480 e.